The van der Waals surface area contributed by atoms with Crippen LogP contribution in [0.15, 0.2) is 36.4 Å². The van der Waals surface area contributed by atoms with Gasteiger partial charge in [-0.2, -0.15) is 18.2 Å². The van der Waals surface area contributed by atoms with Gasteiger partial charge in [0.1, 0.15) is 6.04 Å². The molecule has 1 aromatic heterocycles. The van der Waals surface area contributed by atoms with Gasteiger partial charge in [-0.3, -0.25) is 0 Å². The van der Waals surface area contributed by atoms with Gasteiger partial charge in [0.05, 0.1) is 0 Å². The Kier molecular flexibility index (Phi) is 6.11. The fourth-order valence-corrected chi connectivity index (χ4v) is 3.92. The van der Waals surface area contributed by atoms with E-state index in [2.05, 4.69) is 20.7 Å². The minimum Gasteiger partial charge on any atom is -0.398 e. The summed E-state index contributed by atoms with van der Waals surface area (Å²) >= 11 is 0. The van der Waals surface area contributed by atoms with E-state index in [1.54, 1.807) is 36.9 Å². The molecule has 1 unspecified atom stereocenters. The molecule has 0 saturated heterocycles. The maximum absolute atomic E-state index is 13.3. The number of nitrogens with one attached hydrogen (secondary N) is 3. The Morgan fingerprint density at radius 3 is 2.48 bits per heavy atom. The van der Waals surface area contributed by atoms with Crippen molar-refractivity contribution in [3.63, 3.8) is 0 Å². The fraction of sp³-hybridized carbons (Fsp3) is 0.348. The number of hydrogen-bond acceptors (Lipinski definition) is 6. The van der Waals surface area contributed by atoms with Crippen molar-refractivity contribution in [1.29, 1.82) is 5.41 Å². The predicted molar refractivity (Wildman–Crippen MR) is 123 cm³/mol. The topological polar surface area (TPSA) is 105 Å². The molecule has 1 saturated carbocycles. The van der Waals surface area contributed by atoms with Gasteiger partial charge in [0.25, 0.3) is 0 Å². The quantitative estimate of drug-likeness (QED) is 0.285. The van der Waals surface area contributed by atoms with E-state index in [1.807, 2.05) is 6.07 Å². The first-order valence-corrected chi connectivity index (χ1v) is 10.7. The van der Waals surface area contributed by atoms with E-state index in [9.17, 15) is 13.2 Å². The van der Waals surface area contributed by atoms with Crippen molar-refractivity contribution in [1.82, 2.24) is 20.1 Å². The molecular formula is C23H26F3N7. The van der Waals surface area contributed by atoms with Gasteiger partial charge < -0.3 is 21.8 Å². The second-order valence-electron chi connectivity index (χ2n) is 8.11. The van der Waals surface area contributed by atoms with E-state index in [4.69, 9.17) is 11.1 Å². The van der Waals surface area contributed by atoms with Gasteiger partial charge in [0.2, 0.25) is 5.95 Å². The van der Waals surface area contributed by atoms with E-state index in [-0.39, 0.29) is 12.1 Å². The van der Waals surface area contributed by atoms with Crippen LogP contribution in [0.1, 0.15) is 48.4 Å². The van der Waals surface area contributed by atoms with Crippen molar-refractivity contribution in [2.75, 3.05) is 17.6 Å². The smallest absolute Gasteiger partial charge is 0.398 e. The summed E-state index contributed by atoms with van der Waals surface area (Å²) in [7, 11) is 1.74. The summed E-state index contributed by atoms with van der Waals surface area (Å²) in [5, 5.41) is 17.9. The van der Waals surface area contributed by atoms with Gasteiger partial charge in [-0.1, -0.05) is 31.2 Å². The van der Waals surface area contributed by atoms with Crippen molar-refractivity contribution >= 4 is 23.5 Å². The molecule has 7 nitrogen and oxygen atoms in total. The first-order valence-electron chi connectivity index (χ1n) is 10.7. The van der Waals surface area contributed by atoms with Crippen LogP contribution in [0.3, 0.4) is 0 Å². The Balaban J connectivity index is 1.61. The highest BCUT2D eigenvalue weighted by Gasteiger charge is 2.40. The maximum atomic E-state index is 13.3. The van der Waals surface area contributed by atoms with Gasteiger partial charge in [-0.25, -0.2) is 4.68 Å². The molecule has 2 aromatic carbocycles. The number of nitrogens with two attached hydrogens (primary N) is 1. The monoisotopic (exact) mass is 457 g/mol. The lowest BCUT2D eigenvalue weighted by atomic mass is 10.00. The standard InChI is InChI=1S/C23H26F3N7/c1-3-29-20(23(24,25)26)14-6-8-15(9-7-14)21-31-22(33(2)32-21)30-18-11-10-17(28)16(12-27)19(18)13-4-5-13/h6-13,20,27,29H,3-5,28H2,1-2H3,(H,30,31,32). The van der Waals surface area contributed by atoms with Gasteiger partial charge >= 0.3 is 6.18 Å². The average Bonchev–Trinajstić information content (AvgIpc) is 3.55. The molecule has 1 aliphatic carbocycles. The molecule has 174 valence electrons. The van der Waals surface area contributed by atoms with Crippen molar-refractivity contribution in [3.05, 3.63) is 53.1 Å². The first kappa shape index (κ1) is 22.8. The molecule has 5 N–H and O–H groups in total. The van der Waals surface area contributed by atoms with Crippen LogP contribution in [-0.4, -0.2) is 33.7 Å². The Bertz CT molecular complexity index is 1150. The maximum Gasteiger partial charge on any atom is 0.407 e. The average molecular weight is 458 g/mol. The zero-order chi connectivity index (χ0) is 23.8. The molecule has 0 bridgehead atoms. The third-order valence-electron chi connectivity index (χ3n) is 5.70. The Morgan fingerprint density at radius 2 is 1.91 bits per heavy atom. The molecule has 1 fully saturated rings. The summed E-state index contributed by atoms with van der Waals surface area (Å²) < 4.78 is 41.6. The Hall–Kier alpha value is -3.40. The second-order valence-corrected chi connectivity index (χ2v) is 8.11. The minimum absolute atomic E-state index is 0.137. The van der Waals surface area contributed by atoms with Crippen LogP contribution in [0.2, 0.25) is 0 Å². The van der Waals surface area contributed by atoms with E-state index >= 15 is 0 Å². The number of rotatable bonds is 8. The summed E-state index contributed by atoms with van der Waals surface area (Å²) in [5.74, 6) is 1.23. The van der Waals surface area contributed by atoms with Crippen LogP contribution in [0.5, 0.6) is 0 Å². The molecule has 10 heteroatoms. The molecule has 33 heavy (non-hydrogen) atoms. The molecule has 0 radical (unpaired) electrons. The molecular weight excluding hydrogens is 431 g/mol. The van der Waals surface area contributed by atoms with E-state index in [0.717, 1.165) is 24.1 Å². The zero-order valence-corrected chi connectivity index (χ0v) is 18.4. The number of benzene rings is 2. The van der Waals surface area contributed by atoms with Crippen molar-refractivity contribution < 1.29 is 13.2 Å². The highest BCUT2D eigenvalue weighted by atomic mass is 19.4. The lowest BCUT2D eigenvalue weighted by Crippen LogP contribution is -2.33. The number of nitrogens with zero attached hydrogens (tertiary/aromatic N) is 3. The van der Waals surface area contributed by atoms with Crippen molar-refractivity contribution in [2.45, 2.75) is 37.9 Å². The van der Waals surface area contributed by atoms with Crippen LogP contribution in [0.4, 0.5) is 30.5 Å². The van der Waals surface area contributed by atoms with Gasteiger partial charge in [-0.05, 0) is 48.6 Å². The lowest BCUT2D eigenvalue weighted by Gasteiger charge is -2.21. The molecule has 0 spiro atoms. The highest BCUT2D eigenvalue weighted by molar-refractivity contribution is 5.91. The molecule has 1 heterocycles. The number of hydrogen-bond donors (Lipinski definition) is 4. The van der Waals surface area contributed by atoms with Gasteiger partial charge in [-0.15, -0.1) is 5.10 Å². The predicted octanol–water partition coefficient (Wildman–Crippen LogP) is 4.90. The number of aryl methyl sites for hydroxylation is 1. The van der Waals surface area contributed by atoms with Crippen LogP contribution in [-0.2, 0) is 7.05 Å². The van der Waals surface area contributed by atoms with Crippen molar-refractivity contribution in [2.24, 2.45) is 7.05 Å². The molecule has 0 aliphatic heterocycles. The minimum atomic E-state index is -4.38. The van der Waals surface area contributed by atoms with Crippen LogP contribution in [0, 0.1) is 5.41 Å². The number of aromatic nitrogens is 3. The van der Waals surface area contributed by atoms with Crippen LogP contribution < -0.4 is 16.4 Å². The van der Waals surface area contributed by atoms with Gasteiger partial charge in [0, 0.05) is 35.8 Å². The summed E-state index contributed by atoms with van der Waals surface area (Å²) in [6, 6.07) is 7.98. The summed E-state index contributed by atoms with van der Waals surface area (Å²) in [6.07, 6.45) is -1.02. The third kappa shape index (κ3) is 4.70. The fourth-order valence-electron chi connectivity index (χ4n) is 3.92. The summed E-state index contributed by atoms with van der Waals surface area (Å²) in [6.45, 7) is 1.84. The number of nitrogen functional groups attached to an aromatic ring is 1. The zero-order valence-electron chi connectivity index (χ0n) is 18.4. The molecule has 3 aromatic rings. The second kappa shape index (κ2) is 8.86. The molecule has 1 atom stereocenters. The van der Waals surface area contributed by atoms with Gasteiger partial charge in [0.15, 0.2) is 5.82 Å². The van der Waals surface area contributed by atoms with E-state index < -0.39 is 12.2 Å². The highest BCUT2D eigenvalue weighted by Crippen LogP contribution is 2.46. The van der Waals surface area contributed by atoms with Crippen LogP contribution >= 0.6 is 0 Å². The van der Waals surface area contributed by atoms with Crippen LogP contribution in [0.25, 0.3) is 11.4 Å². The number of halogens is 3. The van der Waals surface area contributed by atoms with E-state index in [0.29, 0.717) is 34.5 Å². The lowest BCUT2D eigenvalue weighted by molar-refractivity contribution is -0.157. The van der Waals surface area contributed by atoms with Crippen molar-refractivity contribution in [3.8, 4) is 11.4 Å². The Labute approximate surface area is 189 Å². The Morgan fingerprint density at radius 1 is 1.21 bits per heavy atom. The largest absolute Gasteiger partial charge is 0.407 e. The normalized spacial score (nSPS) is 14.8. The third-order valence-corrected chi connectivity index (χ3v) is 5.70. The summed E-state index contributed by atoms with van der Waals surface area (Å²) in [4.78, 5) is 4.55. The number of anilines is 3. The molecule has 4 rings (SSSR count). The van der Waals surface area contributed by atoms with E-state index in [1.165, 1.54) is 18.3 Å². The molecule has 0 amide bonds. The number of alkyl halides is 3. The SMILES string of the molecule is CCNC(c1ccc(-c2nc(Nc3ccc(N)c(C=N)c3C3CC3)n(C)n2)cc1)C(F)(F)F. The first-order chi connectivity index (χ1) is 15.7. The molecule has 1 aliphatic rings. The summed E-state index contributed by atoms with van der Waals surface area (Å²) in [5.41, 5.74) is 9.90.